The van der Waals surface area contributed by atoms with Crippen molar-refractivity contribution in [3.05, 3.63) is 212 Å². The lowest BCUT2D eigenvalue weighted by atomic mass is 9.94. The van der Waals surface area contributed by atoms with Crippen LogP contribution in [0.1, 0.15) is 0 Å². The third-order valence-electron chi connectivity index (χ3n) is 11.2. The third kappa shape index (κ3) is 5.34. The number of hydrogen-bond donors (Lipinski definition) is 0. The van der Waals surface area contributed by atoms with Crippen molar-refractivity contribution in [2.45, 2.75) is 0 Å². The van der Waals surface area contributed by atoms with Crippen molar-refractivity contribution in [3.63, 3.8) is 0 Å². The molecule has 0 radical (unpaired) electrons. The molecule has 11 rings (SSSR count). The average Bonchev–Trinajstić information content (AvgIpc) is 3.64. The normalized spacial score (nSPS) is 11.6. The van der Waals surface area contributed by atoms with E-state index in [-0.39, 0.29) is 0 Å². The zero-order valence-corrected chi connectivity index (χ0v) is 30.6. The van der Waals surface area contributed by atoms with Gasteiger partial charge in [0.15, 0.2) is 0 Å². The topological polar surface area (TPSA) is 16.4 Å². The van der Waals surface area contributed by atoms with Crippen molar-refractivity contribution in [1.82, 2.24) is 0 Å². The van der Waals surface area contributed by atoms with Gasteiger partial charge in [-0.15, -0.1) is 0 Å². The molecular weight excluding hydrogens is 679 g/mol. The standard InChI is InChI=1S/C54H35NO/c1-3-14-36(15-4-1)41-28-31-52(49(33-41)37-16-5-2-6-17-37)55(43-29-30-45-42(32-43)27-26-38-18-9-10-21-44(38)45)51-25-12-11-22-46(51)47-23-13-24-48-50-34-39-19-7-8-20-40(39)35-53(50)56-54(47)48/h1-35H. The van der Waals surface area contributed by atoms with E-state index in [4.69, 9.17) is 4.42 Å². The second kappa shape index (κ2) is 13.2. The number of furan rings is 1. The van der Waals surface area contributed by atoms with Gasteiger partial charge >= 0.3 is 0 Å². The Hall–Kier alpha value is -7.42. The summed E-state index contributed by atoms with van der Waals surface area (Å²) < 4.78 is 6.83. The van der Waals surface area contributed by atoms with Crippen LogP contribution >= 0.6 is 0 Å². The van der Waals surface area contributed by atoms with Crippen LogP contribution in [-0.2, 0) is 0 Å². The van der Waals surface area contributed by atoms with Crippen LogP contribution in [0.2, 0.25) is 0 Å². The zero-order valence-electron chi connectivity index (χ0n) is 30.6. The largest absolute Gasteiger partial charge is 0.455 e. The molecule has 56 heavy (non-hydrogen) atoms. The summed E-state index contributed by atoms with van der Waals surface area (Å²) in [5, 5.41) is 9.53. The first-order valence-electron chi connectivity index (χ1n) is 19.2. The van der Waals surface area contributed by atoms with Gasteiger partial charge < -0.3 is 9.32 Å². The fraction of sp³-hybridized carbons (Fsp3) is 0. The van der Waals surface area contributed by atoms with E-state index >= 15 is 0 Å². The molecule has 11 aromatic rings. The van der Waals surface area contributed by atoms with Gasteiger partial charge in [0.25, 0.3) is 0 Å². The fourth-order valence-electron chi connectivity index (χ4n) is 8.53. The monoisotopic (exact) mass is 713 g/mol. The minimum atomic E-state index is 0.887. The molecule has 0 fully saturated rings. The van der Waals surface area contributed by atoms with Gasteiger partial charge in [-0.3, -0.25) is 0 Å². The van der Waals surface area contributed by atoms with Crippen LogP contribution in [0.4, 0.5) is 17.1 Å². The lowest BCUT2D eigenvalue weighted by Gasteiger charge is -2.30. The van der Waals surface area contributed by atoms with E-state index in [1.807, 2.05) is 0 Å². The molecule has 0 bridgehead atoms. The van der Waals surface area contributed by atoms with Crippen molar-refractivity contribution in [2.24, 2.45) is 0 Å². The summed E-state index contributed by atoms with van der Waals surface area (Å²) in [7, 11) is 0. The summed E-state index contributed by atoms with van der Waals surface area (Å²) >= 11 is 0. The second-order valence-corrected chi connectivity index (χ2v) is 14.5. The Morgan fingerprint density at radius 3 is 1.77 bits per heavy atom. The van der Waals surface area contributed by atoms with Crippen molar-refractivity contribution >= 4 is 71.3 Å². The number of anilines is 3. The zero-order chi connectivity index (χ0) is 37.0. The highest BCUT2D eigenvalue weighted by atomic mass is 16.3. The molecule has 262 valence electrons. The van der Waals surface area contributed by atoms with Gasteiger partial charge in [0, 0.05) is 33.2 Å². The first kappa shape index (κ1) is 32.0. The van der Waals surface area contributed by atoms with Crippen LogP contribution in [0.5, 0.6) is 0 Å². The van der Waals surface area contributed by atoms with E-state index in [9.17, 15) is 0 Å². The predicted molar refractivity (Wildman–Crippen MR) is 237 cm³/mol. The molecule has 0 spiro atoms. The first-order valence-corrected chi connectivity index (χ1v) is 19.2. The Morgan fingerprint density at radius 2 is 0.929 bits per heavy atom. The maximum absolute atomic E-state index is 6.83. The third-order valence-corrected chi connectivity index (χ3v) is 11.2. The average molecular weight is 714 g/mol. The Labute approximate surface area is 325 Å². The Bertz CT molecular complexity index is 3250. The highest BCUT2D eigenvalue weighted by Crippen LogP contribution is 2.48. The van der Waals surface area contributed by atoms with Gasteiger partial charge in [-0.25, -0.2) is 0 Å². The van der Waals surface area contributed by atoms with E-state index < -0.39 is 0 Å². The molecule has 0 aliphatic heterocycles. The van der Waals surface area contributed by atoms with Crippen LogP contribution in [0.25, 0.3) is 87.6 Å². The van der Waals surface area contributed by atoms with E-state index in [2.05, 4.69) is 217 Å². The smallest absolute Gasteiger partial charge is 0.143 e. The molecule has 1 heterocycles. The summed E-state index contributed by atoms with van der Waals surface area (Å²) in [6.07, 6.45) is 0. The fourth-order valence-corrected chi connectivity index (χ4v) is 8.53. The van der Waals surface area contributed by atoms with Crippen LogP contribution in [0.15, 0.2) is 217 Å². The minimum Gasteiger partial charge on any atom is -0.455 e. The molecular formula is C54H35NO. The van der Waals surface area contributed by atoms with Gasteiger partial charge in [0.05, 0.1) is 11.4 Å². The SMILES string of the molecule is c1ccc(-c2ccc(N(c3ccc4c(ccc5ccccc54)c3)c3ccccc3-c3cccc4c3oc3cc5ccccc5cc34)c(-c3ccccc3)c2)cc1. The summed E-state index contributed by atoms with van der Waals surface area (Å²) in [6, 6.07) is 76.5. The summed E-state index contributed by atoms with van der Waals surface area (Å²) in [5.74, 6) is 0. The lowest BCUT2D eigenvalue weighted by Crippen LogP contribution is -2.12. The molecule has 0 saturated carbocycles. The molecule has 0 unspecified atom stereocenters. The van der Waals surface area contributed by atoms with Gasteiger partial charge in [-0.2, -0.15) is 0 Å². The highest BCUT2D eigenvalue weighted by molar-refractivity contribution is 6.14. The molecule has 0 aliphatic carbocycles. The molecule has 0 saturated heterocycles. The summed E-state index contributed by atoms with van der Waals surface area (Å²) in [4.78, 5) is 2.44. The van der Waals surface area contributed by atoms with Crippen molar-refractivity contribution in [1.29, 1.82) is 0 Å². The maximum Gasteiger partial charge on any atom is 0.143 e. The van der Waals surface area contributed by atoms with Crippen molar-refractivity contribution in [2.75, 3.05) is 4.90 Å². The molecule has 2 nitrogen and oxygen atoms in total. The molecule has 0 aliphatic rings. The molecule has 0 N–H and O–H groups in total. The van der Waals surface area contributed by atoms with Gasteiger partial charge in [0.2, 0.25) is 0 Å². The number of fused-ring (bicyclic) bond motifs is 7. The molecule has 0 atom stereocenters. The summed E-state index contributed by atoms with van der Waals surface area (Å²) in [5.41, 5.74) is 11.8. The predicted octanol–water partition coefficient (Wildman–Crippen LogP) is 15.5. The molecule has 1 aromatic heterocycles. The number of hydrogen-bond acceptors (Lipinski definition) is 2. The number of benzene rings is 10. The van der Waals surface area contributed by atoms with Crippen LogP contribution in [-0.4, -0.2) is 0 Å². The number of para-hydroxylation sites is 2. The van der Waals surface area contributed by atoms with E-state index in [0.29, 0.717) is 0 Å². The number of rotatable bonds is 6. The molecule has 0 amide bonds. The van der Waals surface area contributed by atoms with Crippen molar-refractivity contribution in [3.8, 4) is 33.4 Å². The minimum absolute atomic E-state index is 0.887. The Kier molecular flexibility index (Phi) is 7.53. The second-order valence-electron chi connectivity index (χ2n) is 14.5. The van der Waals surface area contributed by atoms with Crippen LogP contribution < -0.4 is 4.90 Å². The molecule has 2 heteroatoms. The van der Waals surface area contributed by atoms with Gasteiger partial charge in [-0.05, 0) is 91.5 Å². The van der Waals surface area contributed by atoms with Gasteiger partial charge in [0.1, 0.15) is 11.2 Å². The maximum atomic E-state index is 6.83. The Balaban J connectivity index is 1.18. The van der Waals surface area contributed by atoms with Crippen molar-refractivity contribution < 1.29 is 4.42 Å². The number of nitrogens with zero attached hydrogens (tertiary/aromatic N) is 1. The van der Waals surface area contributed by atoms with Crippen LogP contribution in [0, 0.1) is 0 Å². The summed E-state index contributed by atoms with van der Waals surface area (Å²) in [6.45, 7) is 0. The van der Waals surface area contributed by atoms with Gasteiger partial charge in [-0.1, -0.05) is 170 Å². The molecule has 10 aromatic carbocycles. The van der Waals surface area contributed by atoms with E-state index in [1.54, 1.807) is 0 Å². The first-order chi connectivity index (χ1) is 27.8. The Morgan fingerprint density at radius 1 is 0.304 bits per heavy atom. The van der Waals surface area contributed by atoms with Crippen LogP contribution in [0.3, 0.4) is 0 Å². The van der Waals surface area contributed by atoms with E-state index in [0.717, 1.165) is 61.3 Å². The lowest BCUT2D eigenvalue weighted by molar-refractivity contribution is 0.670. The quantitative estimate of drug-likeness (QED) is 0.160. The van der Waals surface area contributed by atoms with E-state index in [1.165, 1.54) is 43.4 Å². The highest BCUT2D eigenvalue weighted by Gasteiger charge is 2.23.